The fraction of sp³-hybridized carbons (Fsp3) is 1.00. The average Bonchev–Trinajstić information content (AvgIpc) is 2.35. The molecule has 0 radical (unpaired) electrons. The second-order valence-electron chi connectivity index (χ2n) is 3.82. The average molecular weight is 446 g/mol. The van der Waals surface area contributed by atoms with Crippen LogP contribution in [0.15, 0.2) is 0 Å². The number of alkyl halides is 12. The molecule has 5 nitrogen and oxygen atoms in total. The van der Waals surface area contributed by atoms with Crippen molar-refractivity contribution in [1.29, 1.82) is 0 Å². The van der Waals surface area contributed by atoms with E-state index >= 15 is 0 Å². The second kappa shape index (κ2) is 6.50. The van der Waals surface area contributed by atoms with Gasteiger partial charge in [-0.3, -0.25) is 0 Å². The first kappa shape index (κ1) is 24.3. The van der Waals surface area contributed by atoms with Crippen molar-refractivity contribution in [2.45, 2.75) is 34.6 Å². The molecule has 0 aliphatic rings. The van der Waals surface area contributed by atoms with Gasteiger partial charge in [0.15, 0.2) is 0 Å². The van der Waals surface area contributed by atoms with Crippen LogP contribution in [-0.4, -0.2) is 52.1 Å². The Labute approximate surface area is 132 Å². The van der Waals surface area contributed by atoms with Crippen molar-refractivity contribution in [2.75, 3.05) is 0 Å². The molecule has 0 bridgehead atoms. The molecule has 2 unspecified atom stereocenters. The summed E-state index contributed by atoms with van der Waals surface area (Å²) in [4.78, 5) is 0. The summed E-state index contributed by atoms with van der Waals surface area (Å²) in [5.41, 5.74) is 0. The third-order valence-corrected chi connectivity index (χ3v) is 3.53. The minimum atomic E-state index is -7.77. The molecule has 0 saturated heterocycles. The van der Waals surface area contributed by atoms with Crippen LogP contribution < -0.4 is 0 Å². The van der Waals surface area contributed by atoms with E-state index in [1.54, 1.807) is 0 Å². The summed E-state index contributed by atoms with van der Waals surface area (Å²) in [6.45, 7) is 0. The monoisotopic (exact) mass is 446 g/mol. The molecule has 19 heteroatoms. The summed E-state index contributed by atoms with van der Waals surface area (Å²) < 4.78 is 189. The van der Waals surface area contributed by atoms with Crippen LogP contribution in [0.1, 0.15) is 0 Å². The molecule has 0 fully saturated rings. The maximum atomic E-state index is 12.9. The normalized spacial score (nSPS) is 18.2. The molecule has 0 aromatic heterocycles. The van der Waals surface area contributed by atoms with Gasteiger partial charge in [-0.15, -0.1) is 0 Å². The predicted molar refractivity (Wildman–Crippen MR) is 52.3 cm³/mol. The summed E-state index contributed by atoms with van der Waals surface area (Å²) in [6, 6.07) is 0. The van der Waals surface area contributed by atoms with Gasteiger partial charge in [-0.2, -0.15) is 52.7 Å². The third kappa shape index (κ3) is 3.74. The molecule has 152 valence electrons. The number of halogens is 12. The molecular weight excluding hydrogens is 444 g/mol. The molecule has 2 N–H and O–H groups in total. The predicted octanol–water partition coefficient (Wildman–Crippen LogP) is 3.09. The first-order chi connectivity index (χ1) is 10.6. The van der Waals surface area contributed by atoms with E-state index in [9.17, 15) is 61.1 Å². The highest BCUT2D eigenvalue weighted by molar-refractivity contribution is 7.80. The molecule has 0 aromatic rings. The minimum absolute atomic E-state index is 1.46. The van der Waals surface area contributed by atoms with Gasteiger partial charge in [-0.1, -0.05) is 0 Å². The fourth-order valence-corrected chi connectivity index (χ4v) is 1.45. The largest absolute Gasteiger partial charge is 0.439 e. The Morgan fingerprint density at radius 2 is 0.880 bits per heavy atom. The van der Waals surface area contributed by atoms with E-state index < -0.39 is 56.7 Å². The lowest BCUT2D eigenvalue weighted by Gasteiger charge is -2.36. The van der Waals surface area contributed by atoms with Crippen LogP contribution in [-0.2, 0) is 26.9 Å². The quantitative estimate of drug-likeness (QED) is 0.443. The van der Waals surface area contributed by atoms with Crippen LogP contribution in [0.3, 0.4) is 0 Å². The topological polar surface area (TPSA) is 83.8 Å². The van der Waals surface area contributed by atoms with Crippen molar-refractivity contribution < 1.29 is 74.9 Å². The molecule has 0 spiro atoms. The van der Waals surface area contributed by atoms with Crippen LogP contribution in [0.2, 0.25) is 0 Å². The van der Waals surface area contributed by atoms with E-state index in [1.165, 1.54) is 4.74 Å². The van der Waals surface area contributed by atoms with E-state index in [2.05, 4.69) is 0 Å². The van der Waals surface area contributed by atoms with Crippen molar-refractivity contribution >= 4 is 22.2 Å². The number of ether oxygens (including phenoxy) is 1. The van der Waals surface area contributed by atoms with E-state index in [0.717, 1.165) is 0 Å². The van der Waals surface area contributed by atoms with E-state index in [4.69, 9.17) is 9.11 Å². The molecule has 0 saturated carbocycles. The highest BCUT2D eigenvalue weighted by Gasteiger charge is 2.85. The Balaban J connectivity index is 6.09. The molecule has 0 aliphatic heterocycles. The minimum Gasteiger partial charge on any atom is -0.301 e. The van der Waals surface area contributed by atoms with Crippen molar-refractivity contribution in [3.05, 3.63) is 0 Å². The van der Waals surface area contributed by atoms with Gasteiger partial charge in [0.25, 0.3) is 0 Å². The lowest BCUT2D eigenvalue weighted by molar-refractivity contribution is -0.484. The van der Waals surface area contributed by atoms with Crippen LogP contribution in [0, 0.1) is 0 Å². The first-order valence-corrected chi connectivity index (χ1v) is 7.00. The van der Waals surface area contributed by atoms with Gasteiger partial charge in [-0.05, 0) is 0 Å². The van der Waals surface area contributed by atoms with Gasteiger partial charge in [0.1, 0.15) is 0 Å². The standard InChI is InChI=1S/C6H2F12O5S2/c7-1(8,2(9,10)5(15,16)24(19)20)3(11,12)23-4(13,14)6(17,18)25(21)22/h(H,19,20)(H,21,22). The first-order valence-electron chi connectivity index (χ1n) is 4.78. The Morgan fingerprint density at radius 3 is 1.16 bits per heavy atom. The van der Waals surface area contributed by atoms with Crippen LogP contribution in [0.4, 0.5) is 52.7 Å². The van der Waals surface area contributed by atoms with Crippen LogP contribution in [0.5, 0.6) is 0 Å². The lowest BCUT2D eigenvalue weighted by Crippen LogP contribution is -2.66. The van der Waals surface area contributed by atoms with Gasteiger partial charge < -0.3 is 9.11 Å². The van der Waals surface area contributed by atoms with E-state index in [-0.39, 0.29) is 0 Å². The van der Waals surface area contributed by atoms with E-state index in [0.29, 0.717) is 0 Å². The zero-order valence-electron chi connectivity index (χ0n) is 10.5. The van der Waals surface area contributed by atoms with Gasteiger partial charge in [0.2, 0.25) is 22.2 Å². The van der Waals surface area contributed by atoms with Gasteiger partial charge in [-0.25, -0.2) is 13.2 Å². The van der Waals surface area contributed by atoms with Crippen molar-refractivity contribution in [1.82, 2.24) is 0 Å². The molecule has 25 heavy (non-hydrogen) atoms. The molecule has 0 aliphatic carbocycles. The molecule has 0 rings (SSSR count). The second-order valence-corrected chi connectivity index (χ2v) is 5.84. The van der Waals surface area contributed by atoms with E-state index in [1.807, 2.05) is 0 Å². The van der Waals surface area contributed by atoms with Crippen molar-refractivity contribution in [3.63, 3.8) is 0 Å². The SMILES string of the molecule is O=S(O)C(F)(F)C(F)(F)OC(F)(F)C(F)(F)C(F)(F)C(F)(F)S(=O)O. The molecule has 0 aromatic carbocycles. The third-order valence-electron chi connectivity index (χ3n) is 2.16. The van der Waals surface area contributed by atoms with Crippen LogP contribution in [0.25, 0.3) is 0 Å². The maximum Gasteiger partial charge on any atom is 0.439 e. The van der Waals surface area contributed by atoms with Gasteiger partial charge in [0, 0.05) is 0 Å². The van der Waals surface area contributed by atoms with Crippen LogP contribution >= 0.6 is 0 Å². The van der Waals surface area contributed by atoms with Gasteiger partial charge in [0.05, 0.1) is 0 Å². The summed E-state index contributed by atoms with van der Waals surface area (Å²) in [6.07, 6.45) is -14.6. The van der Waals surface area contributed by atoms with Crippen molar-refractivity contribution in [2.24, 2.45) is 0 Å². The Hall–Kier alpha value is -0.660. The Kier molecular flexibility index (Phi) is 6.33. The zero-order chi connectivity index (χ0) is 20.9. The molecule has 0 amide bonds. The highest BCUT2D eigenvalue weighted by Crippen LogP contribution is 2.55. The maximum absolute atomic E-state index is 12.9. The highest BCUT2D eigenvalue weighted by atomic mass is 32.2. The smallest absolute Gasteiger partial charge is 0.301 e. The molecule has 0 heterocycles. The number of hydrogen-bond acceptors (Lipinski definition) is 3. The number of hydrogen-bond donors (Lipinski definition) is 2. The summed E-state index contributed by atoms with van der Waals surface area (Å²) >= 11 is -10.3. The van der Waals surface area contributed by atoms with Crippen molar-refractivity contribution in [3.8, 4) is 0 Å². The fourth-order valence-electron chi connectivity index (χ4n) is 0.861. The molecule has 2 atom stereocenters. The lowest BCUT2D eigenvalue weighted by atomic mass is 10.1. The Bertz CT molecular complexity index is 562. The molecular formula is C6H2F12O5S2. The summed E-state index contributed by atoms with van der Waals surface area (Å²) in [5.74, 6) is -15.3. The summed E-state index contributed by atoms with van der Waals surface area (Å²) in [7, 11) is 0. The number of rotatable bonds is 8. The zero-order valence-corrected chi connectivity index (χ0v) is 12.1. The summed E-state index contributed by atoms with van der Waals surface area (Å²) in [5, 5.41) is -13.4. The Morgan fingerprint density at radius 1 is 0.560 bits per heavy atom. The van der Waals surface area contributed by atoms with Gasteiger partial charge >= 0.3 is 34.6 Å².